The second kappa shape index (κ2) is 8.47. The van der Waals surface area contributed by atoms with Gasteiger partial charge in [0, 0.05) is 5.69 Å². The van der Waals surface area contributed by atoms with Crippen LogP contribution in [0.3, 0.4) is 0 Å². The van der Waals surface area contributed by atoms with Gasteiger partial charge in [-0.25, -0.2) is 0 Å². The van der Waals surface area contributed by atoms with E-state index >= 15 is 0 Å². The van der Waals surface area contributed by atoms with Crippen molar-refractivity contribution in [2.75, 3.05) is 26.2 Å². The number of carbonyl (C=O) groups excluding carboxylic acids is 3. The van der Waals surface area contributed by atoms with E-state index in [2.05, 4.69) is 0 Å². The number of imide groups is 1. The molecule has 8 nitrogen and oxygen atoms in total. The van der Waals surface area contributed by atoms with Crippen molar-refractivity contribution in [2.24, 2.45) is 0 Å². The maximum absolute atomic E-state index is 13.6. The molecule has 3 aromatic carbocycles. The van der Waals surface area contributed by atoms with Gasteiger partial charge in [0.05, 0.1) is 38.5 Å². The highest BCUT2D eigenvalue weighted by molar-refractivity contribution is 6.24. The number of β-lactam (4-membered cyclic amide) rings is 1. The second-order valence-corrected chi connectivity index (χ2v) is 8.42. The van der Waals surface area contributed by atoms with Gasteiger partial charge in [-0.05, 0) is 48.9 Å². The summed E-state index contributed by atoms with van der Waals surface area (Å²) in [6.07, 6.45) is 0. The lowest BCUT2D eigenvalue weighted by molar-refractivity contribution is -0.130. The summed E-state index contributed by atoms with van der Waals surface area (Å²) in [6, 6.07) is 15.9. The van der Waals surface area contributed by atoms with E-state index in [0.29, 0.717) is 39.6 Å². The quantitative estimate of drug-likeness (QED) is 0.401. The lowest BCUT2D eigenvalue weighted by atomic mass is 9.86. The number of benzene rings is 3. The SMILES string of the molecule is COc1cc([C@@H]2[C@H](N3C(=O)c4ccccc4C3=O)C(=O)N2c2ccc(C)cc2)cc(OC)c1OC. The van der Waals surface area contributed by atoms with Gasteiger partial charge in [-0.1, -0.05) is 29.8 Å². The van der Waals surface area contributed by atoms with E-state index in [1.54, 1.807) is 41.3 Å². The first kappa shape index (κ1) is 22.5. The highest BCUT2D eigenvalue weighted by atomic mass is 16.5. The minimum Gasteiger partial charge on any atom is -0.493 e. The molecule has 0 aromatic heterocycles. The van der Waals surface area contributed by atoms with Crippen LogP contribution in [0, 0.1) is 6.92 Å². The maximum Gasteiger partial charge on any atom is 0.262 e. The number of ether oxygens (including phenoxy) is 3. The third-order valence-electron chi connectivity index (χ3n) is 6.51. The Bertz CT molecular complexity index is 1290. The third kappa shape index (κ3) is 3.32. The molecule has 0 spiro atoms. The molecule has 3 amide bonds. The molecule has 8 heteroatoms. The van der Waals surface area contributed by atoms with E-state index in [4.69, 9.17) is 14.2 Å². The molecule has 2 heterocycles. The van der Waals surface area contributed by atoms with E-state index < -0.39 is 23.9 Å². The minimum absolute atomic E-state index is 0.294. The van der Waals surface area contributed by atoms with Crippen molar-refractivity contribution in [3.8, 4) is 17.2 Å². The molecule has 178 valence electrons. The van der Waals surface area contributed by atoms with Crippen molar-refractivity contribution in [1.82, 2.24) is 4.90 Å². The summed E-state index contributed by atoms with van der Waals surface area (Å²) >= 11 is 0. The van der Waals surface area contributed by atoms with Crippen LogP contribution in [0.5, 0.6) is 17.2 Å². The van der Waals surface area contributed by atoms with Gasteiger partial charge in [-0.3, -0.25) is 19.3 Å². The van der Waals surface area contributed by atoms with Crippen molar-refractivity contribution in [1.29, 1.82) is 0 Å². The van der Waals surface area contributed by atoms with Crippen molar-refractivity contribution >= 4 is 23.4 Å². The topological polar surface area (TPSA) is 85.4 Å². The van der Waals surface area contributed by atoms with E-state index in [-0.39, 0.29) is 5.91 Å². The molecule has 0 N–H and O–H groups in total. The van der Waals surface area contributed by atoms with Crippen LogP contribution < -0.4 is 19.1 Å². The van der Waals surface area contributed by atoms with Crippen LogP contribution in [-0.2, 0) is 4.79 Å². The van der Waals surface area contributed by atoms with Crippen molar-refractivity contribution in [2.45, 2.75) is 19.0 Å². The second-order valence-electron chi connectivity index (χ2n) is 8.42. The van der Waals surface area contributed by atoms with E-state index in [1.165, 1.54) is 21.3 Å². The third-order valence-corrected chi connectivity index (χ3v) is 6.51. The normalized spacial score (nSPS) is 18.9. The van der Waals surface area contributed by atoms with Gasteiger partial charge in [-0.15, -0.1) is 0 Å². The smallest absolute Gasteiger partial charge is 0.262 e. The molecular weight excluding hydrogens is 448 g/mol. The first-order valence-electron chi connectivity index (χ1n) is 11.1. The number of anilines is 1. The monoisotopic (exact) mass is 472 g/mol. The van der Waals surface area contributed by atoms with Gasteiger partial charge in [0.15, 0.2) is 11.5 Å². The summed E-state index contributed by atoms with van der Waals surface area (Å²) in [5.41, 5.74) is 2.93. The van der Waals surface area contributed by atoms with Crippen molar-refractivity contribution in [3.05, 3.63) is 82.9 Å². The predicted molar refractivity (Wildman–Crippen MR) is 128 cm³/mol. The summed E-state index contributed by atoms with van der Waals surface area (Å²) in [5.74, 6) is -0.0853. The van der Waals surface area contributed by atoms with Crippen LogP contribution in [-0.4, -0.2) is 50.0 Å². The Morgan fingerprint density at radius 3 is 1.71 bits per heavy atom. The average Bonchev–Trinajstić information content (AvgIpc) is 3.12. The Labute approximate surface area is 202 Å². The Morgan fingerprint density at radius 2 is 1.23 bits per heavy atom. The first-order chi connectivity index (χ1) is 16.9. The Balaban J connectivity index is 1.65. The van der Waals surface area contributed by atoms with Gasteiger partial charge in [0.2, 0.25) is 5.75 Å². The fourth-order valence-corrected chi connectivity index (χ4v) is 4.78. The summed E-state index contributed by atoms with van der Waals surface area (Å²) in [6.45, 7) is 1.96. The van der Waals surface area contributed by atoms with Crippen molar-refractivity contribution in [3.63, 3.8) is 0 Å². The maximum atomic E-state index is 13.6. The molecule has 0 bridgehead atoms. The fraction of sp³-hybridized carbons (Fsp3) is 0.222. The van der Waals surface area contributed by atoms with E-state index in [1.807, 2.05) is 31.2 Å². The molecule has 2 aliphatic heterocycles. The fourth-order valence-electron chi connectivity index (χ4n) is 4.78. The number of methoxy groups -OCH3 is 3. The lowest BCUT2D eigenvalue weighted by Crippen LogP contribution is -2.67. The molecule has 0 saturated carbocycles. The van der Waals surface area contributed by atoms with E-state index in [9.17, 15) is 14.4 Å². The van der Waals surface area contributed by atoms with Crippen molar-refractivity contribution < 1.29 is 28.6 Å². The summed E-state index contributed by atoms with van der Waals surface area (Å²) in [5, 5.41) is 0. The molecule has 0 aliphatic carbocycles. The zero-order valence-electron chi connectivity index (χ0n) is 19.8. The first-order valence-corrected chi connectivity index (χ1v) is 11.1. The number of nitrogens with zero attached hydrogens (tertiary/aromatic N) is 2. The molecular formula is C27H24N2O6. The molecule has 2 atom stereocenters. The highest BCUT2D eigenvalue weighted by Crippen LogP contribution is 2.48. The number of fused-ring (bicyclic) bond motifs is 1. The molecule has 2 aliphatic rings. The molecule has 0 unspecified atom stereocenters. The van der Waals surface area contributed by atoms with Gasteiger partial charge in [-0.2, -0.15) is 0 Å². The predicted octanol–water partition coefficient (Wildman–Crippen LogP) is 3.77. The molecule has 5 rings (SSSR count). The van der Waals surface area contributed by atoms with Gasteiger partial charge < -0.3 is 19.1 Å². The zero-order valence-corrected chi connectivity index (χ0v) is 19.8. The Hall–Kier alpha value is -4.33. The number of aryl methyl sites for hydroxylation is 1. The minimum atomic E-state index is -1.02. The summed E-state index contributed by atoms with van der Waals surface area (Å²) in [4.78, 5) is 42.8. The summed E-state index contributed by atoms with van der Waals surface area (Å²) in [7, 11) is 4.52. The average molecular weight is 472 g/mol. The van der Waals surface area contributed by atoms with Crippen LogP contribution in [0.15, 0.2) is 60.7 Å². The van der Waals surface area contributed by atoms with Gasteiger partial charge >= 0.3 is 0 Å². The molecule has 3 aromatic rings. The highest BCUT2D eigenvalue weighted by Gasteiger charge is 2.57. The van der Waals surface area contributed by atoms with Crippen LogP contribution in [0.2, 0.25) is 0 Å². The van der Waals surface area contributed by atoms with Crippen LogP contribution in [0.25, 0.3) is 0 Å². The Morgan fingerprint density at radius 1 is 0.686 bits per heavy atom. The number of rotatable bonds is 6. The molecule has 1 fully saturated rings. The zero-order chi connectivity index (χ0) is 24.9. The van der Waals surface area contributed by atoms with Crippen LogP contribution in [0.4, 0.5) is 5.69 Å². The molecule has 0 radical (unpaired) electrons. The Kier molecular flexibility index (Phi) is 5.43. The summed E-state index contributed by atoms with van der Waals surface area (Å²) < 4.78 is 16.5. The van der Waals surface area contributed by atoms with Gasteiger partial charge in [0.1, 0.15) is 6.04 Å². The standard InChI is InChI=1S/C27H24N2O6/c1-15-9-11-17(12-10-15)28-22(16-13-20(33-2)24(35-4)21(14-16)34-3)23(27(28)32)29-25(30)18-7-5-6-8-19(18)26(29)31/h5-14,22-23H,1-4H3/t22-,23+/m1/s1. The number of hydrogen-bond acceptors (Lipinski definition) is 6. The van der Waals surface area contributed by atoms with Crippen LogP contribution >= 0.6 is 0 Å². The molecule has 35 heavy (non-hydrogen) atoms. The van der Waals surface area contributed by atoms with Gasteiger partial charge in [0.25, 0.3) is 17.7 Å². The molecule has 1 saturated heterocycles. The number of carbonyl (C=O) groups is 3. The number of hydrogen-bond donors (Lipinski definition) is 0. The van der Waals surface area contributed by atoms with E-state index in [0.717, 1.165) is 10.5 Å². The number of amides is 3. The van der Waals surface area contributed by atoms with Crippen LogP contribution in [0.1, 0.15) is 37.9 Å². The largest absolute Gasteiger partial charge is 0.493 e. The lowest BCUT2D eigenvalue weighted by Gasteiger charge is -2.49.